The first-order valence-electron chi connectivity index (χ1n) is 5.59. The monoisotopic (exact) mass is 226 g/mol. The number of carbonyl (C=O) groups excluding carboxylic acids is 1. The van der Waals surface area contributed by atoms with Crippen molar-refractivity contribution in [3.63, 3.8) is 0 Å². The molecule has 2 aromatic rings. The number of aromatic amines is 1. The highest BCUT2D eigenvalue weighted by Gasteiger charge is 2.13. The lowest BCUT2D eigenvalue weighted by molar-refractivity contribution is 0.0947. The van der Waals surface area contributed by atoms with Crippen molar-refractivity contribution in [1.29, 1.82) is 0 Å². The molecule has 3 nitrogen and oxygen atoms in total. The summed E-state index contributed by atoms with van der Waals surface area (Å²) in [5, 5.41) is 3.73. The molecule has 0 aliphatic carbocycles. The molecular formula is C14H14N2O. The van der Waals surface area contributed by atoms with Crippen molar-refractivity contribution in [1.82, 2.24) is 10.3 Å². The van der Waals surface area contributed by atoms with Gasteiger partial charge in [0.15, 0.2) is 0 Å². The van der Waals surface area contributed by atoms with E-state index in [0.717, 1.165) is 17.3 Å². The highest BCUT2D eigenvalue weighted by Crippen LogP contribution is 2.17. The van der Waals surface area contributed by atoms with Gasteiger partial charge in [-0.2, -0.15) is 0 Å². The van der Waals surface area contributed by atoms with Gasteiger partial charge in [-0.25, -0.2) is 0 Å². The van der Waals surface area contributed by atoms with E-state index in [1.807, 2.05) is 31.2 Å². The summed E-state index contributed by atoms with van der Waals surface area (Å²) in [7, 11) is 0. The Morgan fingerprint density at radius 2 is 2.29 bits per heavy atom. The van der Waals surface area contributed by atoms with Crippen molar-refractivity contribution in [3.8, 4) is 12.3 Å². The third-order valence-electron chi connectivity index (χ3n) is 2.75. The molecular weight excluding hydrogens is 212 g/mol. The van der Waals surface area contributed by atoms with Gasteiger partial charge < -0.3 is 10.3 Å². The average Bonchev–Trinajstić information content (AvgIpc) is 2.79. The van der Waals surface area contributed by atoms with Gasteiger partial charge in [0.1, 0.15) is 0 Å². The Hall–Kier alpha value is -2.21. The van der Waals surface area contributed by atoms with Crippen molar-refractivity contribution in [2.24, 2.45) is 0 Å². The zero-order valence-electron chi connectivity index (χ0n) is 9.66. The van der Waals surface area contributed by atoms with E-state index in [9.17, 15) is 4.79 Å². The van der Waals surface area contributed by atoms with Gasteiger partial charge in [-0.3, -0.25) is 4.79 Å². The SMILES string of the molecule is C#CC(CC)NC(=O)c1c[nH]c2ccccc12. The highest BCUT2D eigenvalue weighted by atomic mass is 16.1. The number of para-hydroxylation sites is 1. The topological polar surface area (TPSA) is 44.9 Å². The van der Waals surface area contributed by atoms with Gasteiger partial charge >= 0.3 is 0 Å². The highest BCUT2D eigenvalue weighted by molar-refractivity contribution is 6.06. The number of H-pyrrole nitrogens is 1. The molecule has 1 unspecified atom stereocenters. The summed E-state index contributed by atoms with van der Waals surface area (Å²) in [6.07, 6.45) is 7.76. The van der Waals surface area contributed by atoms with Gasteiger partial charge in [0, 0.05) is 17.1 Å². The molecule has 0 aliphatic heterocycles. The number of nitrogens with one attached hydrogen (secondary N) is 2. The maximum atomic E-state index is 12.0. The first-order valence-corrected chi connectivity index (χ1v) is 5.59. The number of rotatable bonds is 3. The average molecular weight is 226 g/mol. The van der Waals surface area contributed by atoms with E-state index in [1.54, 1.807) is 6.20 Å². The van der Waals surface area contributed by atoms with Crippen molar-refractivity contribution in [2.45, 2.75) is 19.4 Å². The molecule has 0 saturated carbocycles. The molecule has 2 N–H and O–H groups in total. The van der Waals surface area contributed by atoms with Crippen molar-refractivity contribution >= 4 is 16.8 Å². The number of aromatic nitrogens is 1. The Balaban J connectivity index is 2.28. The Morgan fingerprint density at radius 3 is 3.00 bits per heavy atom. The van der Waals surface area contributed by atoms with E-state index in [4.69, 9.17) is 6.42 Å². The fraction of sp³-hybridized carbons (Fsp3) is 0.214. The van der Waals surface area contributed by atoms with Gasteiger partial charge in [0.05, 0.1) is 11.6 Å². The normalized spacial score (nSPS) is 12.0. The fourth-order valence-electron chi connectivity index (χ4n) is 1.76. The van der Waals surface area contributed by atoms with Crippen LogP contribution in [0, 0.1) is 12.3 Å². The summed E-state index contributed by atoms with van der Waals surface area (Å²) in [6.45, 7) is 1.94. The lowest BCUT2D eigenvalue weighted by Gasteiger charge is -2.09. The molecule has 0 spiro atoms. The largest absolute Gasteiger partial charge is 0.360 e. The second-order valence-electron chi connectivity index (χ2n) is 3.85. The van der Waals surface area contributed by atoms with E-state index < -0.39 is 0 Å². The van der Waals surface area contributed by atoms with Gasteiger partial charge in [-0.05, 0) is 12.5 Å². The molecule has 0 fully saturated rings. The van der Waals surface area contributed by atoms with Crippen LogP contribution >= 0.6 is 0 Å². The minimum atomic E-state index is -0.212. The van der Waals surface area contributed by atoms with Crippen LogP contribution in [0.5, 0.6) is 0 Å². The number of fused-ring (bicyclic) bond motifs is 1. The van der Waals surface area contributed by atoms with Crippen LogP contribution in [0.2, 0.25) is 0 Å². The summed E-state index contributed by atoms with van der Waals surface area (Å²) in [5.41, 5.74) is 1.58. The van der Waals surface area contributed by atoms with E-state index in [2.05, 4.69) is 16.2 Å². The second-order valence-corrected chi connectivity index (χ2v) is 3.85. The van der Waals surface area contributed by atoms with Gasteiger partial charge in [-0.15, -0.1) is 6.42 Å². The number of hydrogen-bond donors (Lipinski definition) is 2. The minimum absolute atomic E-state index is 0.132. The molecule has 0 bridgehead atoms. The Labute approximate surface area is 100 Å². The summed E-state index contributed by atoms with van der Waals surface area (Å²) >= 11 is 0. The molecule has 2 rings (SSSR count). The summed E-state index contributed by atoms with van der Waals surface area (Å²) in [4.78, 5) is 15.1. The predicted molar refractivity (Wildman–Crippen MR) is 68.7 cm³/mol. The molecule has 17 heavy (non-hydrogen) atoms. The molecule has 1 atom stereocenters. The Bertz CT molecular complexity index is 577. The van der Waals surface area contributed by atoms with Crippen LogP contribution in [-0.4, -0.2) is 16.9 Å². The molecule has 0 saturated heterocycles. The van der Waals surface area contributed by atoms with Crippen LogP contribution in [0.15, 0.2) is 30.5 Å². The lowest BCUT2D eigenvalue weighted by Crippen LogP contribution is -2.32. The van der Waals surface area contributed by atoms with Crippen molar-refractivity contribution < 1.29 is 4.79 Å². The van der Waals surface area contributed by atoms with Crippen molar-refractivity contribution in [2.75, 3.05) is 0 Å². The summed E-state index contributed by atoms with van der Waals surface area (Å²) in [6, 6.07) is 7.47. The van der Waals surface area contributed by atoms with E-state index in [1.165, 1.54) is 0 Å². The first-order chi connectivity index (χ1) is 8.26. The third-order valence-corrected chi connectivity index (χ3v) is 2.75. The Morgan fingerprint density at radius 1 is 1.53 bits per heavy atom. The number of hydrogen-bond acceptors (Lipinski definition) is 1. The molecule has 1 aromatic heterocycles. The van der Waals surface area contributed by atoms with Crippen LogP contribution < -0.4 is 5.32 Å². The molecule has 86 valence electrons. The fourth-order valence-corrected chi connectivity index (χ4v) is 1.76. The molecule has 1 aromatic carbocycles. The number of carbonyl (C=O) groups is 1. The molecule has 3 heteroatoms. The quantitative estimate of drug-likeness (QED) is 0.775. The van der Waals surface area contributed by atoms with Crippen molar-refractivity contribution in [3.05, 3.63) is 36.0 Å². The van der Waals surface area contributed by atoms with Crippen LogP contribution in [0.1, 0.15) is 23.7 Å². The molecule has 1 heterocycles. The smallest absolute Gasteiger partial charge is 0.254 e. The van der Waals surface area contributed by atoms with Gasteiger partial charge in [-0.1, -0.05) is 31.0 Å². The minimum Gasteiger partial charge on any atom is -0.360 e. The zero-order valence-corrected chi connectivity index (χ0v) is 9.66. The predicted octanol–water partition coefficient (Wildman–Crippen LogP) is 2.31. The number of amides is 1. The third kappa shape index (κ3) is 2.16. The molecule has 0 radical (unpaired) electrons. The maximum Gasteiger partial charge on any atom is 0.254 e. The second kappa shape index (κ2) is 4.75. The van der Waals surface area contributed by atoms with Crippen LogP contribution in [-0.2, 0) is 0 Å². The lowest BCUT2D eigenvalue weighted by atomic mass is 10.1. The molecule has 0 aliphatic rings. The van der Waals surface area contributed by atoms with Gasteiger partial charge in [0.25, 0.3) is 5.91 Å². The number of benzene rings is 1. The van der Waals surface area contributed by atoms with Crippen LogP contribution in [0.3, 0.4) is 0 Å². The first kappa shape index (κ1) is 11.3. The van der Waals surface area contributed by atoms with Gasteiger partial charge in [0.2, 0.25) is 0 Å². The van der Waals surface area contributed by atoms with E-state index in [-0.39, 0.29) is 11.9 Å². The Kier molecular flexibility index (Phi) is 3.15. The van der Waals surface area contributed by atoms with Crippen LogP contribution in [0.4, 0.5) is 0 Å². The van der Waals surface area contributed by atoms with Crippen LogP contribution in [0.25, 0.3) is 10.9 Å². The standard InChI is InChI=1S/C14H14N2O/c1-3-10(4-2)16-14(17)12-9-15-13-8-6-5-7-11(12)13/h1,5-10,15H,4H2,2H3,(H,16,17). The molecule has 1 amide bonds. The number of terminal acetylenes is 1. The maximum absolute atomic E-state index is 12.0. The van der Waals surface area contributed by atoms with E-state index >= 15 is 0 Å². The van der Waals surface area contributed by atoms with E-state index in [0.29, 0.717) is 5.56 Å². The summed E-state index contributed by atoms with van der Waals surface area (Å²) < 4.78 is 0. The summed E-state index contributed by atoms with van der Waals surface area (Å²) in [5.74, 6) is 2.42. The zero-order chi connectivity index (χ0) is 12.3.